The van der Waals surface area contributed by atoms with Crippen molar-refractivity contribution in [2.24, 2.45) is 23.2 Å². The van der Waals surface area contributed by atoms with Crippen LogP contribution in [-0.2, 0) is 9.53 Å². The summed E-state index contributed by atoms with van der Waals surface area (Å²) in [5.74, 6) is 1.32. The first kappa shape index (κ1) is 12.3. The second-order valence-electron chi connectivity index (χ2n) is 5.40. The Kier molecular flexibility index (Phi) is 3.27. The zero-order valence-corrected chi connectivity index (χ0v) is 10.5. The van der Waals surface area contributed by atoms with Crippen LogP contribution >= 0.6 is 0 Å². The Morgan fingerprint density at radius 3 is 2.47 bits per heavy atom. The van der Waals surface area contributed by atoms with Crippen LogP contribution in [0.25, 0.3) is 0 Å². The maximum Gasteiger partial charge on any atom is 0.306 e. The zero-order chi connectivity index (χ0) is 11.8. The van der Waals surface area contributed by atoms with E-state index in [0.29, 0.717) is 24.2 Å². The molecule has 0 spiro atoms. The fourth-order valence-electron chi connectivity index (χ4n) is 3.13. The van der Waals surface area contributed by atoms with Crippen LogP contribution < -0.4 is 0 Å². The Balaban J connectivity index is 2.74. The van der Waals surface area contributed by atoms with Crippen molar-refractivity contribution in [3.8, 4) is 0 Å². The molecule has 2 unspecified atom stereocenters. The van der Waals surface area contributed by atoms with Crippen molar-refractivity contribution in [3.63, 3.8) is 0 Å². The number of ether oxygens (including phenoxy) is 1. The van der Waals surface area contributed by atoms with Crippen molar-refractivity contribution < 1.29 is 9.53 Å². The van der Waals surface area contributed by atoms with Crippen LogP contribution in [0, 0.1) is 23.2 Å². The maximum atomic E-state index is 11.3. The smallest absolute Gasteiger partial charge is 0.306 e. The minimum atomic E-state index is -0.123. The van der Waals surface area contributed by atoms with E-state index in [1.54, 1.807) is 0 Å². The maximum absolute atomic E-state index is 11.3. The van der Waals surface area contributed by atoms with Crippen molar-refractivity contribution in [3.05, 3.63) is 12.2 Å². The van der Waals surface area contributed by atoms with Gasteiger partial charge in [0.2, 0.25) is 0 Å². The van der Waals surface area contributed by atoms with E-state index in [1.165, 1.54) is 12.7 Å². The Morgan fingerprint density at radius 1 is 1.53 bits per heavy atom. The van der Waals surface area contributed by atoms with Crippen LogP contribution in [-0.4, -0.2) is 13.1 Å². The first-order valence-corrected chi connectivity index (χ1v) is 5.58. The molecule has 1 aliphatic carbocycles. The highest BCUT2D eigenvalue weighted by Gasteiger charge is 2.52. The number of hydrogen-bond donors (Lipinski definition) is 0. The average molecular weight is 210 g/mol. The average Bonchev–Trinajstić information content (AvgIpc) is 2.14. The lowest BCUT2D eigenvalue weighted by Crippen LogP contribution is -2.49. The van der Waals surface area contributed by atoms with Gasteiger partial charge in [-0.15, -0.1) is 0 Å². The SMILES string of the molecule is C=C1C(CC(=O)OC)C(C(C)C)C1(C)C. The van der Waals surface area contributed by atoms with Gasteiger partial charge >= 0.3 is 5.97 Å². The van der Waals surface area contributed by atoms with Crippen LogP contribution in [0.2, 0.25) is 0 Å². The molecular formula is C13H22O2. The number of hydrogen-bond acceptors (Lipinski definition) is 2. The first-order chi connectivity index (χ1) is 6.82. The Hall–Kier alpha value is -0.790. The molecule has 2 atom stereocenters. The molecule has 2 nitrogen and oxygen atoms in total. The van der Waals surface area contributed by atoms with Crippen molar-refractivity contribution in [1.29, 1.82) is 0 Å². The Morgan fingerprint density at radius 2 is 2.07 bits per heavy atom. The zero-order valence-electron chi connectivity index (χ0n) is 10.5. The van der Waals surface area contributed by atoms with E-state index in [4.69, 9.17) is 4.74 Å². The quantitative estimate of drug-likeness (QED) is 0.528. The number of carbonyl (C=O) groups excluding carboxylic acids is 1. The molecule has 1 saturated carbocycles. The van der Waals surface area contributed by atoms with Crippen molar-refractivity contribution >= 4 is 5.97 Å². The molecule has 0 aromatic carbocycles. The van der Waals surface area contributed by atoms with Gasteiger partial charge in [-0.2, -0.15) is 0 Å². The van der Waals surface area contributed by atoms with E-state index in [-0.39, 0.29) is 11.4 Å². The highest BCUT2D eigenvalue weighted by molar-refractivity contribution is 5.70. The van der Waals surface area contributed by atoms with Crippen LogP contribution in [0.3, 0.4) is 0 Å². The fourth-order valence-corrected chi connectivity index (χ4v) is 3.13. The molecule has 15 heavy (non-hydrogen) atoms. The molecule has 2 heteroatoms. The number of allylic oxidation sites excluding steroid dienone is 1. The summed E-state index contributed by atoms with van der Waals surface area (Å²) in [7, 11) is 1.44. The van der Waals surface area contributed by atoms with Crippen LogP contribution in [0.5, 0.6) is 0 Å². The third kappa shape index (κ3) is 1.95. The van der Waals surface area contributed by atoms with Gasteiger partial charge in [-0.25, -0.2) is 0 Å². The minimum absolute atomic E-state index is 0.123. The molecule has 1 fully saturated rings. The number of carbonyl (C=O) groups is 1. The summed E-state index contributed by atoms with van der Waals surface area (Å²) < 4.78 is 4.72. The molecular weight excluding hydrogens is 188 g/mol. The Labute approximate surface area is 92.7 Å². The van der Waals surface area contributed by atoms with Gasteiger partial charge in [-0.1, -0.05) is 39.8 Å². The summed E-state index contributed by atoms with van der Waals surface area (Å²) in [5, 5.41) is 0. The first-order valence-electron chi connectivity index (χ1n) is 5.58. The van der Waals surface area contributed by atoms with Gasteiger partial charge in [0.25, 0.3) is 0 Å². The van der Waals surface area contributed by atoms with Crippen LogP contribution in [0.4, 0.5) is 0 Å². The largest absolute Gasteiger partial charge is 0.469 e. The van der Waals surface area contributed by atoms with Gasteiger partial charge < -0.3 is 4.74 Å². The standard InChI is InChI=1S/C13H22O2/c1-8(2)12-10(7-11(14)15-6)9(3)13(12,4)5/h8,10,12H,3,7H2,1-2,4-6H3. The van der Waals surface area contributed by atoms with Crippen molar-refractivity contribution in [2.45, 2.75) is 34.1 Å². The summed E-state index contributed by atoms with van der Waals surface area (Å²) in [5.41, 5.74) is 1.37. The molecule has 0 N–H and O–H groups in total. The number of rotatable bonds is 3. The molecule has 0 radical (unpaired) electrons. The summed E-state index contributed by atoms with van der Waals surface area (Å²) in [6.07, 6.45) is 0.488. The van der Waals surface area contributed by atoms with Crippen molar-refractivity contribution in [2.75, 3.05) is 7.11 Å². The van der Waals surface area contributed by atoms with Crippen molar-refractivity contribution in [1.82, 2.24) is 0 Å². The van der Waals surface area contributed by atoms with E-state index in [1.807, 2.05) is 0 Å². The highest BCUT2D eigenvalue weighted by Crippen LogP contribution is 2.58. The molecule has 0 aromatic rings. The fraction of sp³-hybridized carbons (Fsp3) is 0.769. The summed E-state index contributed by atoms with van der Waals surface area (Å²) in [6, 6.07) is 0. The lowest BCUT2D eigenvalue weighted by atomic mass is 9.48. The van der Waals surface area contributed by atoms with Crippen LogP contribution in [0.15, 0.2) is 12.2 Å². The molecule has 86 valence electrons. The third-order valence-corrected chi connectivity index (χ3v) is 3.87. The van der Waals surface area contributed by atoms with Gasteiger partial charge in [-0.05, 0) is 23.2 Å². The van der Waals surface area contributed by atoms with Gasteiger partial charge in [0.05, 0.1) is 13.5 Å². The molecule has 1 rings (SSSR count). The topological polar surface area (TPSA) is 26.3 Å². The second-order valence-corrected chi connectivity index (χ2v) is 5.40. The molecule has 0 saturated heterocycles. The van der Waals surface area contributed by atoms with E-state index in [9.17, 15) is 4.79 Å². The summed E-state index contributed by atoms with van der Waals surface area (Å²) >= 11 is 0. The van der Waals surface area contributed by atoms with Gasteiger partial charge in [0.1, 0.15) is 0 Å². The Bertz CT molecular complexity index is 276. The van der Waals surface area contributed by atoms with Gasteiger partial charge in [-0.3, -0.25) is 4.79 Å². The number of methoxy groups -OCH3 is 1. The molecule has 0 bridgehead atoms. The molecule has 0 aromatic heterocycles. The minimum Gasteiger partial charge on any atom is -0.469 e. The van der Waals surface area contributed by atoms with E-state index >= 15 is 0 Å². The molecule has 0 aliphatic heterocycles. The van der Waals surface area contributed by atoms with Crippen LogP contribution in [0.1, 0.15) is 34.1 Å². The highest BCUT2D eigenvalue weighted by atomic mass is 16.5. The molecule has 1 aliphatic rings. The second kappa shape index (κ2) is 3.99. The summed E-state index contributed by atoms with van der Waals surface area (Å²) in [4.78, 5) is 11.3. The normalized spacial score (nSPS) is 28.8. The van der Waals surface area contributed by atoms with Gasteiger partial charge in [0.15, 0.2) is 0 Å². The monoisotopic (exact) mass is 210 g/mol. The van der Waals surface area contributed by atoms with E-state index in [0.717, 1.165) is 0 Å². The lowest BCUT2D eigenvalue weighted by Gasteiger charge is -2.56. The van der Waals surface area contributed by atoms with E-state index < -0.39 is 0 Å². The third-order valence-electron chi connectivity index (χ3n) is 3.87. The van der Waals surface area contributed by atoms with Gasteiger partial charge in [0, 0.05) is 0 Å². The summed E-state index contributed by atoms with van der Waals surface area (Å²) in [6.45, 7) is 13.0. The molecule has 0 amide bonds. The lowest BCUT2D eigenvalue weighted by molar-refractivity contribution is -0.143. The number of esters is 1. The predicted molar refractivity (Wildman–Crippen MR) is 61.4 cm³/mol. The molecule has 0 heterocycles. The predicted octanol–water partition coefficient (Wildman–Crippen LogP) is 3.03. The van der Waals surface area contributed by atoms with E-state index in [2.05, 4.69) is 34.3 Å².